The van der Waals surface area contributed by atoms with Crippen LogP contribution >= 0.6 is 0 Å². The van der Waals surface area contributed by atoms with Crippen molar-refractivity contribution in [1.29, 1.82) is 0 Å². The Bertz CT molecular complexity index is 1100. The molecule has 5 heteroatoms. The van der Waals surface area contributed by atoms with Crippen LogP contribution in [-0.4, -0.2) is 27.7 Å². The molecule has 0 radical (unpaired) electrons. The zero-order chi connectivity index (χ0) is 17.4. The van der Waals surface area contributed by atoms with Crippen molar-refractivity contribution in [2.75, 3.05) is 6.61 Å². The summed E-state index contributed by atoms with van der Waals surface area (Å²) in [5.74, 6) is 0.453. The van der Waals surface area contributed by atoms with Gasteiger partial charge in [-0.15, -0.1) is 0 Å². The average molecular weight is 332 g/mol. The molecule has 0 bridgehead atoms. The highest BCUT2D eigenvalue weighted by Gasteiger charge is 2.15. The zero-order valence-corrected chi connectivity index (χ0v) is 13.6. The molecule has 5 nitrogen and oxygen atoms in total. The fourth-order valence-electron chi connectivity index (χ4n) is 3.03. The average Bonchev–Trinajstić information content (AvgIpc) is 3.04. The van der Waals surface area contributed by atoms with Crippen molar-refractivity contribution in [3.8, 4) is 17.1 Å². The number of fused-ring (bicyclic) bond motifs is 2. The van der Waals surface area contributed by atoms with E-state index in [9.17, 15) is 4.79 Å². The van der Waals surface area contributed by atoms with E-state index < -0.39 is 5.97 Å². The molecule has 0 aliphatic heterocycles. The van der Waals surface area contributed by atoms with E-state index in [0.29, 0.717) is 17.9 Å². The number of nitrogens with zero attached hydrogens (tertiary/aromatic N) is 1. The summed E-state index contributed by atoms with van der Waals surface area (Å²) in [4.78, 5) is 19.1. The van der Waals surface area contributed by atoms with Crippen molar-refractivity contribution < 1.29 is 14.6 Å². The first-order valence-electron chi connectivity index (χ1n) is 8.05. The molecule has 3 aromatic carbocycles. The number of aromatic carboxylic acids is 1. The molecule has 4 rings (SSSR count). The quantitative estimate of drug-likeness (QED) is 0.578. The number of rotatable bonds is 4. The van der Waals surface area contributed by atoms with Crippen LogP contribution in [0.15, 0.2) is 54.6 Å². The maximum atomic E-state index is 11.2. The summed E-state index contributed by atoms with van der Waals surface area (Å²) in [5, 5.41) is 11.3. The summed E-state index contributed by atoms with van der Waals surface area (Å²) in [7, 11) is 0. The molecular formula is C20H16N2O3. The van der Waals surface area contributed by atoms with Gasteiger partial charge in [-0.25, -0.2) is 9.78 Å². The van der Waals surface area contributed by atoms with Crippen LogP contribution in [0, 0.1) is 0 Å². The number of ether oxygens (including phenoxy) is 1. The van der Waals surface area contributed by atoms with E-state index in [2.05, 4.69) is 9.97 Å². The standard InChI is InChI=1S/C20H16N2O3/c1-2-25-17-10-8-12-5-3-4-6-14(12)18(17)19-21-15-9-7-13(20(23)24)11-16(15)22-19/h3-11H,2H2,1H3,(H,21,22)(H,23,24). The van der Waals surface area contributed by atoms with Crippen molar-refractivity contribution in [1.82, 2.24) is 9.97 Å². The summed E-state index contributed by atoms with van der Waals surface area (Å²) in [6, 6.07) is 16.9. The van der Waals surface area contributed by atoms with Gasteiger partial charge >= 0.3 is 5.97 Å². The molecule has 124 valence electrons. The molecule has 1 heterocycles. The molecule has 0 saturated carbocycles. The molecular weight excluding hydrogens is 316 g/mol. The number of carbonyl (C=O) groups is 1. The second-order valence-electron chi connectivity index (χ2n) is 5.72. The second-order valence-corrected chi connectivity index (χ2v) is 5.72. The van der Waals surface area contributed by atoms with Gasteiger partial charge in [0.2, 0.25) is 0 Å². The summed E-state index contributed by atoms with van der Waals surface area (Å²) >= 11 is 0. The molecule has 0 aliphatic carbocycles. The molecule has 0 aliphatic rings. The summed E-state index contributed by atoms with van der Waals surface area (Å²) in [6.45, 7) is 2.49. The zero-order valence-electron chi connectivity index (χ0n) is 13.6. The van der Waals surface area contributed by atoms with E-state index in [1.54, 1.807) is 18.2 Å². The van der Waals surface area contributed by atoms with Gasteiger partial charge in [-0.2, -0.15) is 0 Å². The smallest absolute Gasteiger partial charge is 0.335 e. The lowest BCUT2D eigenvalue weighted by Gasteiger charge is -2.11. The minimum Gasteiger partial charge on any atom is -0.493 e. The summed E-state index contributed by atoms with van der Waals surface area (Å²) in [5.41, 5.74) is 2.51. The molecule has 0 fully saturated rings. The topological polar surface area (TPSA) is 75.2 Å². The predicted molar refractivity (Wildman–Crippen MR) is 97.2 cm³/mol. The van der Waals surface area contributed by atoms with E-state index in [-0.39, 0.29) is 5.56 Å². The first-order valence-corrected chi connectivity index (χ1v) is 8.05. The molecule has 0 amide bonds. The van der Waals surface area contributed by atoms with Gasteiger partial charge in [-0.3, -0.25) is 0 Å². The van der Waals surface area contributed by atoms with Gasteiger partial charge in [0.15, 0.2) is 0 Å². The van der Waals surface area contributed by atoms with Gasteiger partial charge in [-0.1, -0.05) is 30.3 Å². The third kappa shape index (κ3) is 2.59. The molecule has 25 heavy (non-hydrogen) atoms. The van der Waals surface area contributed by atoms with Crippen LogP contribution in [0.2, 0.25) is 0 Å². The SMILES string of the molecule is CCOc1ccc2ccccc2c1-c1nc2ccc(C(=O)O)cc2[nH]1. The number of hydrogen-bond acceptors (Lipinski definition) is 3. The maximum absolute atomic E-state index is 11.2. The van der Waals surface area contributed by atoms with Gasteiger partial charge < -0.3 is 14.8 Å². The normalized spacial score (nSPS) is 11.1. The highest BCUT2D eigenvalue weighted by molar-refractivity contribution is 6.00. The number of carboxylic acids is 1. The molecule has 0 unspecified atom stereocenters. The molecule has 2 N–H and O–H groups in total. The van der Waals surface area contributed by atoms with Gasteiger partial charge in [0.1, 0.15) is 11.6 Å². The largest absolute Gasteiger partial charge is 0.493 e. The summed E-state index contributed by atoms with van der Waals surface area (Å²) < 4.78 is 5.80. The predicted octanol–water partition coefficient (Wildman–Crippen LogP) is 4.48. The number of aromatic nitrogens is 2. The van der Waals surface area contributed by atoms with E-state index in [0.717, 1.165) is 27.6 Å². The Labute approximate surface area is 143 Å². The third-order valence-electron chi connectivity index (χ3n) is 4.16. The van der Waals surface area contributed by atoms with Crippen LogP contribution in [0.3, 0.4) is 0 Å². The van der Waals surface area contributed by atoms with Crippen LogP contribution in [-0.2, 0) is 0 Å². The van der Waals surface area contributed by atoms with Crippen LogP contribution in [0.5, 0.6) is 5.75 Å². The fourth-order valence-corrected chi connectivity index (χ4v) is 3.03. The monoisotopic (exact) mass is 332 g/mol. The minimum absolute atomic E-state index is 0.227. The van der Waals surface area contributed by atoms with Gasteiger partial charge in [0.05, 0.1) is 28.8 Å². The Morgan fingerprint density at radius 3 is 2.80 bits per heavy atom. The second kappa shape index (κ2) is 5.94. The fraction of sp³-hybridized carbons (Fsp3) is 0.100. The van der Waals surface area contributed by atoms with Crippen LogP contribution < -0.4 is 4.74 Å². The number of carboxylic acid groups (broad SMARTS) is 1. The highest BCUT2D eigenvalue weighted by Crippen LogP contribution is 2.36. The lowest BCUT2D eigenvalue weighted by Crippen LogP contribution is -1.96. The van der Waals surface area contributed by atoms with Crippen LogP contribution in [0.4, 0.5) is 0 Å². The Kier molecular flexibility index (Phi) is 3.61. The van der Waals surface area contributed by atoms with Crippen molar-refractivity contribution >= 4 is 27.8 Å². The Morgan fingerprint density at radius 2 is 2.00 bits per heavy atom. The number of nitrogens with one attached hydrogen (secondary N) is 1. The van der Waals surface area contributed by atoms with Crippen molar-refractivity contribution in [3.05, 3.63) is 60.2 Å². The van der Waals surface area contributed by atoms with E-state index in [4.69, 9.17) is 9.84 Å². The molecule has 0 atom stereocenters. The van der Waals surface area contributed by atoms with E-state index >= 15 is 0 Å². The van der Waals surface area contributed by atoms with E-state index in [1.165, 1.54) is 0 Å². The number of hydrogen-bond donors (Lipinski definition) is 2. The molecule has 4 aromatic rings. The number of H-pyrrole nitrogens is 1. The van der Waals surface area contributed by atoms with Gasteiger partial charge in [0, 0.05) is 0 Å². The molecule has 0 spiro atoms. The van der Waals surface area contributed by atoms with Crippen molar-refractivity contribution in [2.24, 2.45) is 0 Å². The lowest BCUT2D eigenvalue weighted by molar-refractivity contribution is 0.0697. The van der Waals surface area contributed by atoms with Gasteiger partial charge in [-0.05, 0) is 42.0 Å². The first kappa shape index (κ1) is 15.2. The van der Waals surface area contributed by atoms with Crippen molar-refractivity contribution in [2.45, 2.75) is 6.92 Å². The number of benzene rings is 3. The number of imidazole rings is 1. The molecule has 0 saturated heterocycles. The van der Waals surface area contributed by atoms with Crippen LogP contribution in [0.1, 0.15) is 17.3 Å². The third-order valence-corrected chi connectivity index (χ3v) is 4.16. The van der Waals surface area contributed by atoms with Gasteiger partial charge in [0.25, 0.3) is 0 Å². The van der Waals surface area contributed by atoms with Crippen LogP contribution in [0.25, 0.3) is 33.2 Å². The Balaban J connectivity index is 1.98. The number of aromatic amines is 1. The maximum Gasteiger partial charge on any atom is 0.335 e. The summed E-state index contributed by atoms with van der Waals surface area (Å²) in [6.07, 6.45) is 0. The lowest BCUT2D eigenvalue weighted by atomic mass is 10.0. The van der Waals surface area contributed by atoms with Crippen molar-refractivity contribution in [3.63, 3.8) is 0 Å². The molecule has 1 aromatic heterocycles. The highest BCUT2D eigenvalue weighted by atomic mass is 16.5. The minimum atomic E-state index is -0.960. The first-order chi connectivity index (χ1) is 12.2. The van der Waals surface area contributed by atoms with E-state index in [1.807, 2.05) is 43.3 Å². The Hall–Kier alpha value is -3.34. The Morgan fingerprint density at radius 1 is 1.16 bits per heavy atom.